The number of thioether (sulfide) groups is 5. The average molecular weight is 507 g/mol. The van der Waals surface area contributed by atoms with Crippen molar-refractivity contribution in [1.29, 1.82) is 0 Å². The summed E-state index contributed by atoms with van der Waals surface area (Å²) in [4.78, 5) is 26.3. The molecule has 0 saturated heterocycles. The smallest absolute Gasteiger partial charge is 0.211 e. The van der Waals surface area contributed by atoms with Gasteiger partial charge in [-0.25, -0.2) is 0 Å². The fourth-order valence-corrected chi connectivity index (χ4v) is 8.21. The van der Waals surface area contributed by atoms with Crippen molar-refractivity contribution < 1.29 is 9.59 Å². The SMILES string of the molecule is C=CC(=O)SC(CSCC(CSc1ccccc1)SC(=O)C=C)CSc1ccccc1. The summed E-state index contributed by atoms with van der Waals surface area (Å²) in [6, 6.07) is 20.5. The molecule has 2 unspecified atom stereocenters. The van der Waals surface area contributed by atoms with Crippen LogP contribution in [0.5, 0.6) is 0 Å². The number of carbonyl (C=O) groups excluding carboxylic acids is 2. The Hall–Kier alpha value is -0.990. The molecular formula is C24H26O2S5. The zero-order valence-electron chi connectivity index (χ0n) is 17.2. The molecule has 7 heteroatoms. The molecule has 0 N–H and O–H groups in total. The van der Waals surface area contributed by atoms with Gasteiger partial charge in [-0.2, -0.15) is 11.8 Å². The van der Waals surface area contributed by atoms with E-state index in [9.17, 15) is 9.59 Å². The van der Waals surface area contributed by atoms with Gasteiger partial charge in [-0.1, -0.05) is 73.1 Å². The van der Waals surface area contributed by atoms with Crippen LogP contribution in [0.4, 0.5) is 0 Å². The second-order valence-corrected chi connectivity index (χ2v) is 12.2. The molecular weight excluding hydrogens is 481 g/mol. The highest BCUT2D eigenvalue weighted by molar-refractivity contribution is 8.17. The Labute approximate surface area is 206 Å². The molecule has 164 valence electrons. The molecule has 2 nitrogen and oxygen atoms in total. The highest BCUT2D eigenvalue weighted by Crippen LogP contribution is 2.30. The molecule has 0 radical (unpaired) electrons. The van der Waals surface area contributed by atoms with Gasteiger partial charge >= 0.3 is 0 Å². The molecule has 2 atom stereocenters. The van der Waals surface area contributed by atoms with Gasteiger partial charge in [-0.05, 0) is 36.4 Å². The van der Waals surface area contributed by atoms with E-state index in [1.165, 1.54) is 45.5 Å². The van der Waals surface area contributed by atoms with Crippen LogP contribution in [0, 0.1) is 0 Å². The molecule has 0 amide bonds. The van der Waals surface area contributed by atoms with E-state index >= 15 is 0 Å². The van der Waals surface area contributed by atoms with Crippen LogP contribution in [0.1, 0.15) is 0 Å². The Morgan fingerprint density at radius 2 is 1.06 bits per heavy atom. The highest BCUT2D eigenvalue weighted by Gasteiger charge is 2.18. The summed E-state index contributed by atoms with van der Waals surface area (Å²) in [7, 11) is 0. The monoisotopic (exact) mass is 506 g/mol. The van der Waals surface area contributed by atoms with Gasteiger partial charge in [0.25, 0.3) is 0 Å². The van der Waals surface area contributed by atoms with E-state index < -0.39 is 0 Å². The summed E-state index contributed by atoms with van der Waals surface area (Å²) >= 11 is 8.03. The highest BCUT2D eigenvalue weighted by atomic mass is 32.2. The summed E-state index contributed by atoms with van der Waals surface area (Å²) in [5, 5.41) is 0.379. The van der Waals surface area contributed by atoms with E-state index in [0.717, 1.165) is 23.0 Å². The lowest BCUT2D eigenvalue weighted by atomic mass is 10.4. The van der Waals surface area contributed by atoms with Crippen LogP contribution in [-0.2, 0) is 9.59 Å². The molecule has 0 bridgehead atoms. The molecule has 0 fully saturated rings. The Bertz CT molecular complexity index is 757. The predicted octanol–water partition coefficient (Wildman–Crippen LogP) is 6.93. The molecule has 0 aliphatic rings. The predicted molar refractivity (Wildman–Crippen MR) is 145 cm³/mol. The lowest BCUT2D eigenvalue weighted by molar-refractivity contribution is -0.107. The van der Waals surface area contributed by atoms with E-state index in [2.05, 4.69) is 37.4 Å². The number of hydrogen-bond acceptors (Lipinski definition) is 7. The topological polar surface area (TPSA) is 34.1 Å². The van der Waals surface area contributed by atoms with Crippen LogP contribution < -0.4 is 0 Å². The van der Waals surface area contributed by atoms with Crippen molar-refractivity contribution in [3.63, 3.8) is 0 Å². The van der Waals surface area contributed by atoms with E-state index in [-0.39, 0.29) is 20.7 Å². The minimum atomic E-state index is 0.00616. The first-order valence-electron chi connectivity index (χ1n) is 9.70. The fraction of sp³-hybridized carbons (Fsp3) is 0.250. The zero-order valence-corrected chi connectivity index (χ0v) is 21.3. The van der Waals surface area contributed by atoms with Gasteiger partial charge < -0.3 is 0 Å². The summed E-state index contributed by atoms with van der Waals surface area (Å²) in [6.07, 6.45) is 2.76. The fourth-order valence-electron chi connectivity index (χ4n) is 2.40. The lowest BCUT2D eigenvalue weighted by Crippen LogP contribution is -2.17. The van der Waals surface area contributed by atoms with E-state index in [1.807, 2.05) is 36.4 Å². The van der Waals surface area contributed by atoms with E-state index in [1.54, 1.807) is 35.3 Å². The van der Waals surface area contributed by atoms with Crippen LogP contribution in [0.25, 0.3) is 0 Å². The lowest BCUT2D eigenvalue weighted by Gasteiger charge is -2.18. The maximum absolute atomic E-state index is 11.9. The summed E-state index contributed by atoms with van der Waals surface area (Å²) in [5.74, 6) is 3.39. The number of benzene rings is 2. The second-order valence-electron chi connectivity index (χ2n) is 6.31. The maximum Gasteiger partial charge on any atom is 0.211 e. The van der Waals surface area contributed by atoms with Gasteiger partial charge in [0.2, 0.25) is 10.2 Å². The van der Waals surface area contributed by atoms with Crippen LogP contribution in [0.15, 0.2) is 95.8 Å². The third kappa shape index (κ3) is 11.4. The standard InChI is InChI=1S/C24H26O2S5/c1-3-23(25)30-21(17-28-19-11-7-5-8-12-19)15-27-16-22(31-24(26)4-2)18-29-20-13-9-6-10-14-20/h3-14,21-22H,1-2,15-18H2. The van der Waals surface area contributed by atoms with Crippen molar-refractivity contribution in [3.8, 4) is 0 Å². The second kappa shape index (κ2) is 15.8. The van der Waals surface area contributed by atoms with Gasteiger partial charge in [-0.15, -0.1) is 23.5 Å². The van der Waals surface area contributed by atoms with Crippen molar-refractivity contribution >= 4 is 69.0 Å². The molecule has 0 saturated carbocycles. The molecule has 0 aromatic heterocycles. The molecule has 2 rings (SSSR count). The first-order chi connectivity index (χ1) is 15.1. The largest absolute Gasteiger partial charge is 0.282 e. The zero-order chi connectivity index (χ0) is 22.3. The minimum absolute atomic E-state index is 0.00616. The normalized spacial score (nSPS) is 12.6. The molecule has 0 spiro atoms. The third-order valence-corrected chi connectivity index (χ3v) is 10.5. The van der Waals surface area contributed by atoms with Crippen molar-refractivity contribution in [2.45, 2.75) is 20.3 Å². The Balaban J connectivity index is 1.88. The number of hydrogen-bond donors (Lipinski definition) is 0. The number of carbonyl (C=O) groups is 2. The summed E-state index contributed by atoms with van der Waals surface area (Å²) < 4.78 is 0. The third-order valence-electron chi connectivity index (χ3n) is 3.86. The Morgan fingerprint density at radius 3 is 1.42 bits per heavy atom. The molecule has 0 heterocycles. The van der Waals surface area contributed by atoms with Gasteiger partial charge in [0.05, 0.1) is 0 Å². The van der Waals surface area contributed by atoms with Gasteiger partial charge in [-0.3, -0.25) is 9.59 Å². The molecule has 2 aromatic carbocycles. The molecule has 31 heavy (non-hydrogen) atoms. The van der Waals surface area contributed by atoms with E-state index in [0.29, 0.717) is 0 Å². The van der Waals surface area contributed by atoms with Crippen LogP contribution in [-0.4, -0.2) is 43.7 Å². The van der Waals surface area contributed by atoms with Crippen LogP contribution in [0.3, 0.4) is 0 Å². The Kier molecular flexibility index (Phi) is 13.3. The van der Waals surface area contributed by atoms with Gasteiger partial charge in [0.1, 0.15) is 0 Å². The van der Waals surface area contributed by atoms with Gasteiger partial charge in [0.15, 0.2) is 0 Å². The van der Waals surface area contributed by atoms with E-state index in [4.69, 9.17) is 0 Å². The summed E-state index contributed by atoms with van der Waals surface area (Å²) in [6.45, 7) is 7.20. The first kappa shape index (κ1) is 26.3. The molecule has 0 aliphatic carbocycles. The van der Waals surface area contributed by atoms with Crippen molar-refractivity contribution in [2.24, 2.45) is 0 Å². The van der Waals surface area contributed by atoms with Gasteiger partial charge in [0, 0.05) is 43.3 Å². The van der Waals surface area contributed by atoms with Crippen LogP contribution >= 0.6 is 58.8 Å². The molecule has 0 aliphatic heterocycles. The quantitative estimate of drug-likeness (QED) is 0.203. The van der Waals surface area contributed by atoms with Crippen LogP contribution in [0.2, 0.25) is 0 Å². The Morgan fingerprint density at radius 1 is 0.677 bits per heavy atom. The summed E-state index contributed by atoms with van der Waals surface area (Å²) in [5.41, 5.74) is 0. The minimum Gasteiger partial charge on any atom is -0.282 e. The maximum atomic E-state index is 11.9. The average Bonchev–Trinajstić information content (AvgIpc) is 2.81. The van der Waals surface area contributed by atoms with Crippen molar-refractivity contribution in [1.82, 2.24) is 0 Å². The number of rotatable bonds is 14. The molecule has 2 aromatic rings. The first-order valence-corrected chi connectivity index (χ1v) is 14.6. The van der Waals surface area contributed by atoms with Crippen molar-refractivity contribution in [2.75, 3.05) is 23.0 Å². The van der Waals surface area contributed by atoms with Crippen molar-refractivity contribution in [3.05, 3.63) is 86.0 Å².